The maximum Gasteiger partial charge on any atom is 0.317 e. The molecule has 1 aromatic heterocycles. The smallest absolute Gasteiger partial charge is 0.317 e. The molecular weight excluding hydrogens is 448 g/mol. The number of benzene rings is 1. The van der Waals surface area contributed by atoms with Crippen LogP contribution in [0.25, 0.3) is 11.1 Å². The molecule has 190 valence electrons. The van der Waals surface area contributed by atoms with E-state index in [0.717, 1.165) is 23.3 Å². The van der Waals surface area contributed by atoms with Crippen LogP contribution in [0.15, 0.2) is 36.5 Å². The van der Waals surface area contributed by atoms with Crippen LogP contribution in [-0.2, 0) is 0 Å². The number of likely N-dealkylation sites (N-methyl/N-ethyl adjacent to an activating group) is 1. The number of pyridine rings is 1. The van der Waals surface area contributed by atoms with Crippen molar-refractivity contribution >= 4 is 11.9 Å². The number of carbonyl (C=O) groups is 2. The van der Waals surface area contributed by atoms with Crippen molar-refractivity contribution in [2.24, 2.45) is 5.92 Å². The Kier molecular flexibility index (Phi) is 8.92. The SMILES string of the molecule is CCCNC(=O)N(C)C[C@@H]1Oc2ncc(-c3ccc(OC)cc3)cc2C(=O)N([C@H](C)CO)C[C@@H]1C. The highest BCUT2D eigenvalue weighted by atomic mass is 16.5. The number of urea groups is 1. The van der Waals surface area contributed by atoms with E-state index in [1.165, 1.54) is 0 Å². The summed E-state index contributed by atoms with van der Waals surface area (Å²) in [5.74, 6) is 0.606. The van der Waals surface area contributed by atoms with Crippen molar-refractivity contribution in [1.29, 1.82) is 0 Å². The fourth-order valence-corrected chi connectivity index (χ4v) is 3.98. The maximum absolute atomic E-state index is 13.6. The lowest BCUT2D eigenvalue weighted by molar-refractivity contribution is 0.0352. The number of aliphatic hydroxyl groups is 1. The predicted octanol–water partition coefficient (Wildman–Crippen LogP) is 3.03. The topological polar surface area (TPSA) is 104 Å². The number of fused-ring (bicyclic) bond motifs is 1. The molecule has 3 amide bonds. The minimum atomic E-state index is -0.396. The standard InChI is InChI=1S/C26H36N4O5/c1-6-11-27-26(33)29(4)15-23-17(2)14-30(18(3)16-31)25(32)22-12-20(13-28-24(22)35-23)19-7-9-21(34-5)10-8-19/h7-10,12-13,17-18,23,31H,6,11,14-16H2,1-5H3,(H,27,33)/t17-,18+,23-/m0/s1. The van der Waals surface area contributed by atoms with Gasteiger partial charge in [-0.2, -0.15) is 0 Å². The number of methoxy groups -OCH3 is 1. The first-order chi connectivity index (χ1) is 16.8. The van der Waals surface area contributed by atoms with Crippen LogP contribution in [0.2, 0.25) is 0 Å². The predicted molar refractivity (Wildman–Crippen MR) is 134 cm³/mol. The normalized spacial score (nSPS) is 18.6. The number of aliphatic hydroxyl groups excluding tert-OH is 1. The van der Waals surface area contributed by atoms with Gasteiger partial charge in [-0.25, -0.2) is 9.78 Å². The highest BCUT2D eigenvalue weighted by Crippen LogP contribution is 2.31. The van der Waals surface area contributed by atoms with Crippen LogP contribution in [0.4, 0.5) is 4.79 Å². The van der Waals surface area contributed by atoms with Gasteiger partial charge < -0.3 is 29.7 Å². The molecular formula is C26H36N4O5. The Labute approximate surface area is 207 Å². The Morgan fingerprint density at radius 2 is 2.06 bits per heavy atom. The first kappa shape index (κ1) is 26.3. The molecule has 3 atom stereocenters. The number of hydrogen-bond donors (Lipinski definition) is 2. The molecule has 3 rings (SSSR count). The Morgan fingerprint density at radius 3 is 2.69 bits per heavy atom. The molecule has 2 aromatic rings. The molecule has 35 heavy (non-hydrogen) atoms. The maximum atomic E-state index is 13.6. The zero-order valence-electron chi connectivity index (χ0n) is 21.2. The van der Waals surface area contributed by atoms with Crippen LogP contribution in [-0.4, -0.2) is 84.4 Å². The number of carbonyl (C=O) groups excluding carboxylic acids is 2. The van der Waals surface area contributed by atoms with E-state index in [1.54, 1.807) is 36.2 Å². The third-order valence-corrected chi connectivity index (χ3v) is 6.27. The van der Waals surface area contributed by atoms with Crippen molar-refractivity contribution < 1.29 is 24.2 Å². The van der Waals surface area contributed by atoms with Crippen LogP contribution in [0, 0.1) is 5.92 Å². The van der Waals surface area contributed by atoms with Crippen molar-refractivity contribution in [3.05, 3.63) is 42.1 Å². The monoisotopic (exact) mass is 484 g/mol. The summed E-state index contributed by atoms with van der Waals surface area (Å²) in [6.45, 7) is 6.92. The third-order valence-electron chi connectivity index (χ3n) is 6.27. The van der Waals surface area contributed by atoms with Crippen molar-refractivity contribution in [2.45, 2.75) is 39.3 Å². The Bertz CT molecular complexity index is 1010. The fraction of sp³-hybridized carbons (Fsp3) is 0.500. The molecule has 0 spiro atoms. The molecule has 0 radical (unpaired) electrons. The number of nitrogens with zero attached hydrogens (tertiary/aromatic N) is 3. The number of ether oxygens (including phenoxy) is 2. The molecule has 0 saturated heterocycles. The molecule has 9 nitrogen and oxygen atoms in total. The fourth-order valence-electron chi connectivity index (χ4n) is 3.98. The molecule has 2 heterocycles. The number of rotatable bonds is 8. The summed E-state index contributed by atoms with van der Waals surface area (Å²) in [4.78, 5) is 33.8. The van der Waals surface area contributed by atoms with Crippen LogP contribution in [0.5, 0.6) is 11.6 Å². The van der Waals surface area contributed by atoms with Crippen LogP contribution in [0.1, 0.15) is 37.6 Å². The van der Waals surface area contributed by atoms with E-state index in [9.17, 15) is 14.7 Å². The summed E-state index contributed by atoms with van der Waals surface area (Å²) in [5, 5.41) is 12.7. The number of nitrogens with one attached hydrogen (secondary N) is 1. The minimum absolute atomic E-state index is 0.106. The van der Waals surface area contributed by atoms with Crippen LogP contribution >= 0.6 is 0 Å². The average molecular weight is 485 g/mol. The summed E-state index contributed by atoms with van der Waals surface area (Å²) in [5.41, 5.74) is 1.98. The lowest BCUT2D eigenvalue weighted by Crippen LogP contribution is -2.51. The first-order valence-corrected chi connectivity index (χ1v) is 12.0. The van der Waals surface area contributed by atoms with E-state index >= 15 is 0 Å². The summed E-state index contributed by atoms with van der Waals surface area (Å²) >= 11 is 0. The van der Waals surface area contributed by atoms with Gasteiger partial charge in [-0.15, -0.1) is 0 Å². The Morgan fingerprint density at radius 1 is 1.34 bits per heavy atom. The summed E-state index contributed by atoms with van der Waals surface area (Å²) < 4.78 is 11.5. The minimum Gasteiger partial charge on any atom is -0.497 e. The second-order valence-electron chi connectivity index (χ2n) is 9.04. The second-order valence-corrected chi connectivity index (χ2v) is 9.04. The highest BCUT2D eigenvalue weighted by molar-refractivity contribution is 5.98. The van der Waals surface area contributed by atoms with E-state index in [1.807, 2.05) is 45.0 Å². The van der Waals surface area contributed by atoms with Gasteiger partial charge >= 0.3 is 6.03 Å². The van der Waals surface area contributed by atoms with E-state index in [-0.39, 0.29) is 36.4 Å². The van der Waals surface area contributed by atoms with Gasteiger partial charge in [-0.3, -0.25) is 4.79 Å². The Hall–Kier alpha value is -3.33. The first-order valence-electron chi connectivity index (χ1n) is 12.0. The molecule has 0 saturated carbocycles. The Balaban J connectivity index is 1.96. The third kappa shape index (κ3) is 6.22. The molecule has 0 fully saturated rings. The van der Waals surface area contributed by atoms with Crippen molar-refractivity contribution in [2.75, 3.05) is 40.4 Å². The van der Waals surface area contributed by atoms with E-state index < -0.39 is 6.10 Å². The molecule has 9 heteroatoms. The quantitative estimate of drug-likeness (QED) is 0.597. The van der Waals surface area contributed by atoms with Gasteiger partial charge in [0.25, 0.3) is 5.91 Å². The molecule has 0 aliphatic carbocycles. The average Bonchev–Trinajstić information content (AvgIpc) is 2.88. The zero-order chi connectivity index (χ0) is 25.5. The number of aromatic nitrogens is 1. The van der Waals surface area contributed by atoms with Crippen LogP contribution < -0.4 is 14.8 Å². The summed E-state index contributed by atoms with van der Waals surface area (Å²) in [7, 11) is 3.33. The molecule has 2 N–H and O–H groups in total. The second kappa shape index (κ2) is 11.9. The van der Waals surface area contributed by atoms with Gasteiger partial charge in [-0.1, -0.05) is 26.0 Å². The molecule has 1 aliphatic rings. The highest BCUT2D eigenvalue weighted by Gasteiger charge is 2.34. The van der Waals surface area contributed by atoms with Crippen molar-refractivity contribution in [3.63, 3.8) is 0 Å². The van der Waals surface area contributed by atoms with Gasteiger partial charge in [0, 0.05) is 37.8 Å². The van der Waals surface area contributed by atoms with Gasteiger partial charge in [0.15, 0.2) is 0 Å². The van der Waals surface area contributed by atoms with Crippen molar-refractivity contribution in [1.82, 2.24) is 20.1 Å². The zero-order valence-corrected chi connectivity index (χ0v) is 21.2. The summed E-state index contributed by atoms with van der Waals surface area (Å²) in [6.07, 6.45) is 2.13. The summed E-state index contributed by atoms with van der Waals surface area (Å²) in [6, 6.07) is 8.72. The molecule has 1 aromatic carbocycles. The lowest BCUT2D eigenvalue weighted by atomic mass is 9.99. The molecule has 1 aliphatic heterocycles. The number of amides is 3. The van der Waals surface area contributed by atoms with E-state index in [4.69, 9.17) is 9.47 Å². The van der Waals surface area contributed by atoms with Gasteiger partial charge in [0.1, 0.15) is 17.4 Å². The molecule has 0 bridgehead atoms. The van der Waals surface area contributed by atoms with Gasteiger partial charge in [0.2, 0.25) is 5.88 Å². The largest absolute Gasteiger partial charge is 0.497 e. The van der Waals surface area contributed by atoms with Crippen molar-refractivity contribution in [3.8, 4) is 22.8 Å². The number of hydrogen-bond acceptors (Lipinski definition) is 6. The molecule has 0 unspecified atom stereocenters. The van der Waals surface area contributed by atoms with Gasteiger partial charge in [-0.05, 0) is 37.1 Å². The van der Waals surface area contributed by atoms with E-state index in [2.05, 4.69) is 10.3 Å². The lowest BCUT2D eigenvalue weighted by Gasteiger charge is -2.37. The van der Waals surface area contributed by atoms with Gasteiger partial charge in [0.05, 0.1) is 26.3 Å². The van der Waals surface area contributed by atoms with Crippen LogP contribution in [0.3, 0.4) is 0 Å². The van der Waals surface area contributed by atoms with E-state index in [0.29, 0.717) is 25.2 Å².